The molecule has 39 heavy (non-hydrogen) atoms. The maximum Gasteiger partial charge on any atom is 0.241 e. The molecule has 7 nitrogen and oxygen atoms in total. The molecule has 9 heteroatoms. The molecule has 2 aromatic carbocycles. The number of aromatic amines is 1. The number of halogens is 1. The van der Waals surface area contributed by atoms with Crippen LogP contribution in [0.1, 0.15) is 29.2 Å². The first-order chi connectivity index (χ1) is 18.9. The van der Waals surface area contributed by atoms with Gasteiger partial charge in [0.2, 0.25) is 10.0 Å². The molecule has 5 rings (SSSR count). The number of nitrogens with zero attached hydrogens (tertiary/aromatic N) is 3. The van der Waals surface area contributed by atoms with Gasteiger partial charge < -0.3 is 9.88 Å². The number of nitriles is 1. The highest BCUT2D eigenvalue weighted by molar-refractivity contribution is 7.89. The molecule has 1 atom stereocenters. The number of benzene rings is 2. The highest BCUT2D eigenvalue weighted by Crippen LogP contribution is 2.39. The Balaban J connectivity index is 1.41. The van der Waals surface area contributed by atoms with Crippen molar-refractivity contribution >= 4 is 21.7 Å². The van der Waals surface area contributed by atoms with E-state index >= 15 is 0 Å². The van der Waals surface area contributed by atoms with Gasteiger partial charge in [-0.1, -0.05) is 30.3 Å². The van der Waals surface area contributed by atoms with Crippen LogP contribution >= 0.6 is 0 Å². The zero-order valence-corrected chi connectivity index (χ0v) is 21.8. The summed E-state index contributed by atoms with van der Waals surface area (Å²) in [6.07, 6.45) is 14.4. The lowest BCUT2D eigenvalue weighted by Gasteiger charge is -2.35. The van der Waals surface area contributed by atoms with Crippen molar-refractivity contribution in [3.8, 4) is 17.2 Å². The second-order valence-corrected chi connectivity index (χ2v) is 10.9. The van der Waals surface area contributed by atoms with Crippen LogP contribution in [0.3, 0.4) is 0 Å². The summed E-state index contributed by atoms with van der Waals surface area (Å²) >= 11 is 0. The van der Waals surface area contributed by atoms with Gasteiger partial charge in [0, 0.05) is 48.7 Å². The first-order valence-electron chi connectivity index (χ1n) is 12.4. The van der Waals surface area contributed by atoms with Crippen LogP contribution in [0.2, 0.25) is 0 Å². The Morgan fingerprint density at radius 2 is 1.77 bits per heavy atom. The Kier molecular flexibility index (Phi) is 7.68. The van der Waals surface area contributed by atoms with Gasteiger partial charge in [0.05, 0.1) is 23.6 Å². The van der Waals surface area contributed by atoms with Crippen molar-refractivity contribution in [2.45, 2.75) is 17.4 Å². The Morgan fingerprint density at radius 1 is 1.05 bits per heavy atom. The van der Waals surface area contributed by atoms with Gasteiger partial charge >= 0.3 is 0 Å². The maximum atomic E-state index is 13.7. The van der Waals surface area contributed by atoms with Gasteiger partial charge in [-0.15, -0.1) is 0 Å². The molecule has 0 aliphatic carbocycles. The molecule has 0 spiro atoms. The number of pyridine rings is 1. The summed E-state index contributed by atoms with van der Waals surface area (Å²) in [4.78, 5) is 9.65. The fourth-order valence-electron chi connectivity index (χ4n) is 4.68. The largest absolute Gasteiger partial charge is 0.366 e. The summed E-state index contributed by atoms with van der Waals surface area (Å²) in [5, 5.41) is 8.65. The molecule has 4 aromatic rings. The normalized spacial score (nSPS) is 15.7. The molecular weight excluding hydrogens is 513 g/mol. The first-order valence-corrected chi connectivity index (χ1v) is 13.9. The fourth-order valence-corrected chi connectivity index (χ4v) is 5.60. The number of rotatable bonds is 8. The average Bonchev–Trinajstić information content (AvgIpc) is 3.46. The van der Waals surface area contributed by atoms with E-state index in [1.165, 1.54) is 29.8 Å². The fraction of sp³-hybridized carbons (Fsp3) is 0.133. The molecule has 0 saturated heterocycles. The minimum absolute atomic E-state index is 0.0307. The van der Waals surface area contributed by atoms with Gasteiger partial charge in [-0.05, 0) is 71.2 Å². The second kappa shape index (κ2) is 11.5. The molecule has 0 radical (unpaired) electrons. The summed E-state index contributed by atoms with van der Waals surface area (Å²) in [6.45, 7) is 0.353. The summed E-state index contributed by atoms with van der Waals surface area (Å²) in [6, 6.07) is 18.8. The second-order valence-electron chi connectivity index (χ2n) is 9.08. The third-order valence-corrected chi connectivity index (χ3v) is 8.11. The van der Waals surface area contributed by atoms with E-state index in [1.54, 1.807) is 30.6 Å². The molecule has 2 aromatic heterocycles. The van der Waals surface area contributed by atoms with Crippen LogP contribution in [-0.4, -0.2) is 36.4 Å². The molecule has 2 N–H and O–H groups in total. The van der Waals surface area contributed by atoms with Gasteiger partial charge in [0.1, 0.15) is 5.82 Å². The van der Waals surface area contributed by atoms with Crippen molar-refractivity contribution in [3.63, 3.8) is 0 Å². The van der Waals surface area contributed by atoms with E-state index in [1.807, 2.05) is 48.9 Å². The molecule has 1 aliphatic heterocycles. The molecule has 0 fully saturated rings. The minimum Gasteiger partial charge on any atom is -0.366 e. The molecular formula is C30H26FN5O2S. The van der Waals surface area contributed by atoms with Crippen molar-refractivity contribution in [2.75, 3.05) is 13.1 Å². The number of nitrogens with one attached hydrogen (secondary N) is 2. The minimum atomic E-state index is -3.73. The number of hydrogen-bond acceptors (Lipinski definition) is 5. The number of hydrogen-bond donors (Lipinski definition) is 2. The molecule has 196 valence electrons. The Bertz CT molecular complexity index is 1640. The third-order valence-electron chi connectivity index (χ3n) is 6.69. The SMILES string of the molecule is N#CCNS(=O)(=O)c1ccc(C=CN2CC=C(c3c[nH]cc3-c3ccncc3)CC2c2ccc(F)cc2)cc1. The van der Waals surface area contributed by atoms with E-state index in [0.29, 0.717) is 13.0 Å². The van der Waals surface area contributed by atoms with Gasteiger partial charge in [-0.2, -0.15) is 9.98 Å². The Hall–Kier alpha value is -4.52. The summed E-state index contributed by atoms with van der Waals surface area (Å²) in [5.74, 6) is -0.280. The van der Waals surface area contributed by atoms with E-state index in [0.717, 1.165) is 27.8 Å². The van der Waals surface area contributed by atoms with E-state index in [9.17, 15) is 12.8 Å². The smallest absolute Gasteiger partial charge is 0.241 e. The number of sulfonamides is 1. The van der Waals surface area contributed by atoms with Crippen LogP contribution in [0.4, 0.5) is 4.39 Å². The summed E-state index contributed by atoms with van der Waals surface area (Å²) in [5.41, 5.74) is 6.33. The first kappa shape index (κ1) is 26.1. The van der Waals surface area contributed by atoms with Gasteiger partial charge in [-0.25, -0.2) is 12.8 Å². The van der Waals surface area contributed by atoms with Crippen molar-refractivity contribution in [2.24, 2.45) is 0 Å². The van der Waals surface area contributed by atoms with E-state index in [4.69, 9.17) is 5.26 Å². The monoisotopic (exact) mass is 539 g/mol. The Morgan fingerprint density at radius 3 is 2.49 bits per heavy atom. The Labute approximate surface area is 227 Å². The summed E-state index contributed by atoms with van der Waals surface area (Å²) < 4.78 is 40.5. The third kappa shape index (κ3) is 5.98. The van der Waals surface area contributed by atoms with Gasteiger partial charge in [0.25, 0.3) is 0 Å². The zero-order valence-electron chi connectivity index (χ0n) is 21.0. The lowest BCUT2D eigenvalue weighted by Crippen LogP contribution is -2.27. The molecule has 0 amide bonds. The number of H-pyrrole nitrogens is 1. The zero-order chi connectivity index (χ0) is 27.2. The van der Waals surface area contributed by atoms with E-state index in [-0.39, 0.29) is 23.3 Å². The predicted molar refractivity (Wildman–Crippen MR) is 149 cm³/mol. The van der Waals surface area contributed by atoms with Crippen LogP contribution in [-0.2, 0) is 10.0 Å². The average molecular weight is 540 g/mol. The quantitative estimate of drug-likeness (QED) is 0.287. The number of aromatic nitrogens is 2. The van der Waals surface area contributed by atoms with Gasteiger partial charge in [0.15, 0.2) is 0 Å². The van der Waals surface area contributed by atoms with Crippen LogP contribution < -0.4 is 4.72 Å². The molecule has 0 saturated carbocycles. The molecule has 1 unspecified atom stereocenters. The lowest BCUT2D eigenvalue weighted by atomic mass is 9.88. The molecule has 1 aliphatic rings. The summed E-state index contributed by atoms with van der Waals surface area (Å²) in [7, 11) is -3.73. The van der Waals surface area contributed by atoms with Crippen LogP contribution in [0, 0.1) is 17.1 Å². The topological polar surface area (TPSA) is 102 Å². The van der Waals surface area contributed by atoms with Crippen LogP contribution in [0.5, 0.6) is 0 Å². The van der Waals surface area contributed by atoms with Gasteiger partial charge in [-0.3, -0.25) is 4.98 Å². The highest BCUT2D eigenvalue weighted by Gasteiger charge is 2.25. The highest BCUT2D eigenvalue weighted by atomic mass is 32.2. The standard InChI is InChI=1S/C30H26FN5O2S/c31-26-5-3-24(4-6-26)30-19-25(29-21-34-20-28(29)23-9-14-33-15-10-23)12-18-36(30)17-11-22-1-7-27(8-2-22)39(37,38)35-16-13-32/h1-12,14-15,17,20-21,30,34-35H,16,18-19H2. The van der Waals surface area contributed by atoms with Crippen molar-refractivity contribution in [1.29, 1.82) is 5.26 Å². The van der Waals surface area contributed by atoms with Crippen molar-refractivity contribution < 1.29 is 12.8 Å². The lowest BCUT2D eigenvalue weighted by molar-refractivity contribution is 0.302. The maximum absolute atomic E-state index is 13.7. The predicted octanol–water partition coefficient (Wildman–Crippen LogP) is 5.52. The molecule has 0 bridgehead atoms. The van der Waals surface area contributed by atoms with E-state index in [2.05, 4.69) is 25.7 Å². The molecule has 3 heterocycles. The van der Waals surface area contributed by atoms with Crippen molar-refractivity contribution in [3.05, 3.63) is 120 Å². The van der Waals surface area contributed by atoms with Crippen molar-refractivity contribution in [1.82, 2.24) is 19.6 Å². The van der Waals surface area contributed by atoms with Crippen LogP contribution in [0.25, 0.3) is 22.8 Å². The van der Waals surface area contributed by atoms with Crippen LogP contribution in [0.15, 0.2) is 103 Å². The van der Waals surface area contributed by atoms with E-state index < -0.39 is 10.0 Å².